The first kappa shape index (κ1) is 28.1. The fourth-order valence-electron chi connectivity index (χ4n) is 6.05. The second-order valence-electron chi connectivity index (χ2n) is 11.9. The van der Waals surface area contributed by atoms with Crippen molar-refractivity contribution in [2.75, 3.05) is 45.6 Å². The first-order valence-corrected chi connectivity index (χ1v) is 15.2. The van der Waals surface area contributed by atoms with Gasteiger partial charge in [0.2, 0.25) is 0 Å². The van der Waals surface area contributed by atoms with Crippen LogP contribution in [0.4, 0.5) is 10.1 Å². The number of likely N-dealkylation sites (N-methyl/N-ethyl adjacent to an activating group) is 1. The Morgan fingerprint density at radius 3 is 2.59 bits per heavy atom. The summed E-state index contributed by atoms with van der Waals surface area (Å²) in [4.78, 5) is 21.8. The number of piperidine rings is 1. The number of hydrogen-bond donors (Lipinski definition) is 3. The van der Waals surface area contributed by atoms with E-state index < -0.39 is 0 Å². The van der Waals surface area contributed by atoms with Crippen molar-refractivity contribution in [2.24, 2.45) is 0 Å². The van der Waals surface area contributed by atoms with Gasteiger partial charge in [-0.2, -0.15) is 5.10 Å². The molecule has 0 amide bonds. The summed E-state index contributed by atoms with van der Waals surface area (Å²) < 4.78 is 14.7. The number of aromatic amines is 2. The number of anilines is 1. The SMILES string of the molecule is CN(C)CCNc1cc(F)cc(-c2cncc3[nH]c(-c4n[nH]c5cnc(-c6cncc(CN7CCCCC7)c6)cc45)cc23)c1. The fraction of sp³-hybridized carbons (Fsp3) is 0.294. The van der Waals surface area contributed by atoms with Crippen LogP contribution in [0.1, 0.15) is 24.8 Å². The van der Waals surface area contributed by atoms with Crippen molar-refractivity contribution in [1.82, 2.24) is 39.9 Å². The van der Waals surface area contributed by atoms with Crippen molar-refractivity contribution in [2.45, 2.75) is 25.8 Å². The molecule has 1 aliphatic rings. The monoisotopic (exact) mass is 589 g/mol. The van der Waals surface area contributed by atoms with Gasteiger partial charge in [-0.05, 0) is 87.6 Å². The summed E-state index contributed by atoms with van der Waals surface area (Å²) >= 11 is 0. The van der Waals surface area contributed by atoms with Crippen LogP contribution in [-0.4, -0.2) is 80.2 Å². The molecule has 1 fully saturated rings. The average Bonchev–Trinajstić information content (AvgIpc) is 3.65. The van der Waals surface area contributed by atoms with Crippen molar-refractivity contribution < 1.29 is 4.39 Å². The van der Waals surface area contributed by atoms with E-state index in [1.165, 1.54) is 30.9 Å². The zero-order valence-corrected chi connectivity index (χ0v) is 25.1. The average molecular weight is 590 g/mol. The van der Waals surface area contributed by atoms with E-state index >= 15 is 0 Å². The quantitative estimate of drug-likeness (QED) is 0.181. The predicted octanol–water partition coefficient (Wildman–Crippen LogP) is 6.33. The van der Waals surface area contributed by atoms with E-state index in [1.807, 2.05) is 38.8 Å². The van der Waals surface area contributed by atoms with Crippen molar-refractivity contribution in [3.05, 3.63) is 78.8 Å². The van der Waals surface area contributed by atoms with E-state index in [1.54, 1.807) is 18.5 Å². The van der Waals surface area contributed by atoms with Crippen LogP contribution in [0.5, 0.6) is 0 Å². The lowest BCUT2D eigenvalue weighted by molar-refractivity contribution is 0.220. The van der Waals surface area contributed by atoms with Gasteiger partial charge in [-0.15, -0.1) is 0 Å². The lowest BCUT2D eigenvalue weighted by Crippen LogP contribution is -2.29. The van der Waals surface area contributed by atoms with Crippen LogP contribution >= 0.6 is 0 Å². The molecule has 7 rings (SSSR count). The van der Waals surface area contributed by atoms with Gasteiger partial charge >= 0.3 is 0 Å². The Morgan fingerprint density at radius 2 is 1.73 bits per heavy atom. The van der Waals surface area contributed by atoms with Gasteiger partial charge in [-0.25, -0.2) is 4.39 Å². The first-order valence-electron chi connectivity index (χ1n) is 15.2. The molecular formula is C34H36FN9. The maximum absolute atomic E-state index is 14.7. The van der Waals surface area contributed by atoms with Crippen LogP contribution in [0, 0.1) is 5.82 Å². The summed E-state index contributed by atoms with van der Waals surface area (Å²) in [6, 6.07) is 11.4. The van der Waals surface area contributed by atoms with Crippen molar-refractivity contribution in [1.29, 1.82) is 0 Å². The second-order valence-corrected chi connectivity index (χ2v) is 11.9. The number of fused-ring (bicyclic) bond motifs is 2. The zero-order valence-electron chi connectivity index (χ0n) is 25.1. The number of H-pyrrole nitrogens is 2. The molecule has 3 N–H and O–H groups in total. The molecule has 10 heteroatoms. The number of nitrogens with zero attached hydrogens (tertiary/aromatic N) is 6. The third kappa shape index (κ3) is 5.91. The molecular weight excluding hydrogens is 553 g/mol. The zero-order chi connectivity index (χ0) is 30.0. The summed E-state index contributed by atoms with van der Waals surface area (Å²) in [7, 11) is 4.03. The number of halogens is 1. The van der Waals surface area contributed by atoms with Crippen LogP contribution < -0.4 is 5.32 Å². The van der Waals surface area contributed by atoms with Crippen molar-refractivity contribution in [3.8, 4) is 33.8 Å². The number of likely N-dealkylation sites (tertiary alicyclic amines) is 1. The van der Waals surface area contributed by atoms with Crippen LogP contribution in [0.25, 0.3) is 55.6 Å². The Balaban J connectivity index is 1.21. The van der Waals surface area contributed by atoms with Crippen LogP contribution in [-0.2, 0) is 6.54 Å². The van der Waals surface area contributed by atoms with Crippen molar-refractivity contribution in [3.63, 3.8) is 0 Å². The molecule has 1 aromatic carbocycles. The van der Waals surface area contributed by atoms with E-state index in [4.69, 9.17) is 4.98 Å². The molecule has 224 valence electrons. The van der Waals surface area contributed by atoms with Gasteiger partial charge in [-0.3, -0.25) is 25.0 Å². The minimum Gasteiger partial charge on any atom is -0.384 e. The Labute approximate surface area is 255 Å². The molecule has 0 aliphatic carbocycles. The summed E-state index contributed by atoms with van der Waals surface area (Å²) in [6.07, 6.45) is 13.1. The van der Waals surface area contributed by atoms with Crippen LogP contribution in [0.3, 0.4) is 0 Å². The highest BCUT2D eigenvalue weighted by Crippen LogP contribution is 2.35. The van der Waals surface area contributed by atoms with E-state index in [0.717, 1.165) is 87.4 Å². The summed E-state index contributed by atoms with van der Waals surface area (Å²) in [5, 5.41) is 13.0. The van der Waals surface area contributed by atoms with Gasteiger partial charge in [0.25, 0.3) is 0 Å². The predicted molar refractivity (Wildman–Crippen MR) is 174 cm³/mol. The Kier molecular flexibility index (Phi) is 7.76. The molecule has 0 radical (unpaired) electrons. The van der Waals surface area contributed by atoms with Gasteiger partial charge in [0, 0.05) is 65.8 Å². The van der Waals surface area contributed by atoms with Gasteiger partial charge in [0.1, 0.15) is 11.5 Å². The highest BCUT2D eigenvalue weighted by atomic mass is 19.1. The lowest BCUT2D eigenvalue weighted by atomic mass is 10.0. The largest absolute Gasteiger partial charge is 0.384 e. The number of aromatic nitrogens is 6. The summed E-state index contributed by atoms with van der Waals surface area (Å²) in [5.41, 5.74) is 8.70. The molecule has 0 bridgehead atoms. The summed E-state index contributed by atoms with van der Waals surface area (Å²) in [5.74, 6) is -0.296. The van der Waals surface area contributed by atoms with Gasteiger partial charge in [0.15, 0.2) is 0 Å². The molecule has 6 aromatic rings. The van der Waals surface area contributed by atoms with Crippen molar-refractivity contribution >= 4 is 27.5 Å². The minimum absolute atomic E-state index is 0.296. The number of pyridine rings is 3. The molecule has 44 heavy (non-hydrogen) atoms. The highest BCUT2D eigenvalue weighted by Gasteiger charge is 2.17. The fourth-order valence-corrected chi connectivity index (χ4v) is 6.05. The Bertz CT molecular complexity index is 1920. The molecule has 1 aliphatic heterocycles. The molecule has 0 atom stereocenters. The third-order valence-electron chi connectivity index (χ3n) is 8.29. The molecule has 5 aromatic heterocycles. The number of hydrogen-bond acceptors (Lipinski definition) is 7. The smallest absolute Gasteiger partial charge is 0.125 e. The van der Waals surface area contributed by atoms with E-state index in [9.17, 15) is 4.39 Å². The maximum atomic E-state index is 14.7. The number of rotatable bonds is 9. The molecule has 0 spiro atoms. The van der Waals surface area contributed by atoms with E-state index in [2.05, 4.69) is 58.5 Å². The number of nitrogens with one attached hydrogen (secondary N) is 3. The molecule has 6 heterocycles. The topological polar surface area (TPSA) is 102 Å². The van der Waals surface area contributed by atoms with Crippen LogP contribution in [0.15, 0.2) is 67.4 Å². The molecule has 1 saturated heterocycles. The standard InChI is InChI=1S/C34H36FN9/c1-43(2)9-6-38-26-12-23(11-25(35)13-26)29-18-37-19-32-27(29)14-31(40-32)34-28-15-30(39-20-33(28)41-42-34)24-10-22(16-36-17-24)21-44-7-4-3-5-8-44/h10-20,38,40H,3-9,21H2,1-2H3,(H,41,42). The van der Waals surface area contributed by atoms with Crippen LogP contribution in [0.2, 0.25) is 0 Å². The molecule has 0 unspecified atom stereocenters. The second kappa shape index (κ2) is 12.1. The molecule has 0 saturated carbocycles. The Hall–Kier alpha value is -4.67. The number of benzene rings is 1. The highest BCUT2D eigenvalue weighted by molar-refractivity contribution is 6.01. The third-order valence-corrected chi connectivity index (χ3v) is 8.29. The maximum Gasteiger partial charge on any atom is 0.125 e. The van der Waals surface area contributed by atoms with E-state index in [0.29, 0.717) is 6.54 Å². The summed E-state index contributed by atoms with van der Waals surface area (Å²) in [6.45, 7) is 4.75. The minimum atomic E-state index is -0.296. The van der Waals surface area contributed by atoms with Gasteiger partial charge in [-0.1, -0.05) is 6.42 Å². The van der Waals surface area contributed by atoms with Gasteiger partial charge in [0.05, 0.1) is 34.8 Å². The van der Waals surface area contributed by atoms with E-state index in [-0.39, 0.29) is 5.82 Å². The first-order chi connectivity index (χ1) is 21.5. The Morgan fingerprint density at radius 1 is 0.864 bits per heavy atom. The lowest BCUT2D eigenvalue weighted by Gasteiger charge is -2.26. The molecule has 9 nitrogen and oxygen atoms in total. The van der Waals surface area contributed by atoms with Gasteiger partial charge < -0.3 is 15.2 Å². The normalized spacial score (nSPS) is 14.2.